The van der Waals surface area contributed by atoms with Crippen molar-refractivity contribution in [3.63, 3.8) is 0 Å². The molecule has 0 amide bonds. The van der Waals surface area contributed by atoms with Crippen LogP contribution in [0.4, 0.5) is 5.69 Å². The number of rotatable bonds is 4. The highest BCUT2D eigenvalue weighted by atomic mass is 79.9. The fourth-order valence-corrected chi connectivity index (χ4v) is 2.48. The zero-order chi connectivity index (χ0) is 14.0. The molecule has 19 heavy (non-hydrogen) atoms. The minimum atomic E-state index is 0.426. The van der Waals surface area contributed by atoms with E-state index in [1.54, 1.807) is 0 Å². The van der Waals surface area contributed by atoms with E-state index in [0.717, 1.165) is 27.4 Å². The summed E-state index contributed by atoms with van der Waals surface area (Å²) in [6, 6.07) is 5.83. The quantitative estimate of drug-likeness (QED) is 0.882. The molecule has 5 heteroatoms. The van der Waals surface area contributed by atoms with E-state index in [2.05, 4.69) is 46.4 Å². The number of nitrogens with zero attached hydrogens (tertiary/aromatic N) is 2. The summed E-state index contributed by atoms with van der Waals surface area (Å²) >= 11 is 9.41. The average molecular weight is 343 g/mol. The smallest absolute Gasteiger partial charge is 0.0699 e. The number of hydrogen-bond acceptors (Lipinski definition) is 2. The highest BCUT2D eigenvalue weighted by molar-refractivity contribution is 9.10. The van der Waals surface area contributed by atoms with Gasteiger partial charge in [0.1, 0.15) is 0 Å². The molecule has 0 aliphatic carbocycles. The molecule has 2 aromatic rings. The molecule has 1 aromatic carbocycles. The van der Waals surface area contributed by atoms with E-state index in [9.17, 15) is 0 Å². The molecule has 0 saturated heterocycles. The Hall–Kier alpha value is -1.000. The number of halogens is 2. The van der Waals surface area contributed by atoms with Crippen LogP contribution in [0.5, 0.6) is 0 Å². The number of aryl methyl sites for hydroxylation is 1. The summed E-state index contributed by atoms with van der Waals surface area (Å²) in [7, 11) is 1.95. The van der Waals surface area contributed by atoms with Crippen LogP contribution in [0.1, 0.15) is 31.0 Å². The Morgan fingerprint density at radius 3 is 2.79 bits per heavy atom. The van der Waals surface area contributed by atoms with E-state index < -0.39 is 0 Å². The summed E-state index contributed by atoms with van der Waals surface area (Å²) in [5.74, 6) is 0.426. The maximum absolute atomic E-state index is 5.98. The van der Waals surface area contributed by atoms with E-state index in [-0.39, 0.29) is 0 Å². The van der Waals surface area contributed by atoms with Gasteiger partial charge in [0, 0.05) is 35.5 Å². The van der Waals surface area contributed by atoms with Crippen molar-refractivity contribution in [2.45, 2.75) is 26.3 Å². The van der Waals surface area contributed by atoms with Crippen LogP contribution in [0.3, 0.4) is 0 Å². The van der Waals surface area contributed by atoms with Crippen LogP contribution in [-0.4, -0.2) is 9.78 Å². The molecule has 1 N–H and O–H groups in total. The molecule has 0 bridgehead atoms. The minimum absolute atomic E-state index is 0.426. The molecule has 0 spiro atoms. The first-order chi connectivity index (χ1) is 8.97. The van der Waals surface area contributed by atoms with Crippen LogP contribution in [0.2, 0.25) is 5.02 Å². The van der Waals surface area contributed by atoms with E-state index in [1.807, 2.05) is 29.9 Å². The Bertz CT molecular complexity index is 578. The number of nitrogens with one attached hydrogen (secondary N) is 1. The van der Waals surface area contributed by atoms with Crippen LogP contribution in [-0.2, 0) is 13.6 Å². The number of anilines is 1. The molecule has 102 valence electrons. The van der Waals surface area contributed by atoms with Gasteiger partial charge < -0.3 is 5.32 Å². The Labute approximate surface area is 127 Å². The summed E-state index contributed by atoms with van der Waals surface area (Å²) in [5.41, 5.74) is 3.40. The van der Waals surface area contributed by atoms with E-state index in [4.69, 9.17) is 11.6 Å². The lowest BCUT2D eigenvalue weighted by Gasteiger charge is -2.09. The number of aromatic nitrogens is 2. The van der Waals surface area contributed by atoms with Crippen molar-refractivity contribution in [1.29, 1.82) is 0 Å². The molecular weight excluding hydrogens is 326 g/mol. The normalized spacial score (nSPS) is 11.1. The first-order valence-corrected chi connectivity index (χ1v) is 7.36. The molecule has 3 nitrogen and oxygen atoms in total. The van der Waals surface area contributed by atoms with Crippen LogP contribution in [0.25, 0.3) is 0 Å². The lowest BCUT2D eigenvalue weighted by molar-refractivity contribution is 0.712. The largest absolute Gasteiger partial charge is 0.381 e. The average Bonchev–Trinajstić information content (AvgIpc) is 2.72. The highest BCUT2D eigenvalue weighted by Crippen LogP contribution is 2.26. The van der Waals surface area contributed by atoms with Crippen molar-refractivity contribution in [1.82, 2.24) is 9.78 Å². The molecule has 0 fully saturated rings. The van der Waals surface area contributed by atoms with Crippen molar-refractivity contribution in [3.8, 4) is 0 Å². The Kier molecular flexibility index (Phi) is 4.53. The van der Waals surface area contributed by atoms with E-state index in [0.29, 0.717) is 5.92 Å². The second-order valence-corrected chi connectivity index (χ2v) is 6.11. The molecule has 0 aliphatic rings. The fraction of sp³-hybridized carbons (Fsp3) is 0.357. The minimum Gasteiger partial charge on any atom is -0.381 e. The third kappa shape index (κ3) is 3.51. The zero-order valence-corrected chi connectivity index (χ0v) is 13.6. The van der Waals surface area contributed by atoms with Crippen molar-refractivity contribution in [3.05, 3.63) is 45.1 Å². The van der Waals surface area contributed by atoms with Gasteiger partial charge in [-0.15, -0.1) is 0 Å². The van der Waals surface area contributed by atoms with Gasteiger partial charge in [-0.05, 0) is 40.0 Å². The predicted molar refractivity (Wildman–Crippen MR) is 83.8 cm³/mol. The first-order valence-electron chi connectivity index (χ1n) is 6.18. The van der Waals surface area contributed by atoms with Gasteiger partial charge in [0.05, 0.1) is 10.7 Å². The number of benzene rings is 1. The molecule has 0 unspecified atom stereocenters. The monoisotopic (exact) mass is 341 g/mol. The van der Waals surface area contributed by atoms with Gasteiger partial charge in [-0.1, -0.05) is 25.4 Å². The highest BCUT2D eigenvalue weighted by Gasteiger charge is 2.11. The van der Waals surface area contributed by atoms with Crippen LogP contribution in [0.15, 0.2) is 28.9 Å². The van der Waals surface area contributed by atoms with Gasteiger partial charge in [0.2, 0.25) is 0 Å². The van der Waals surface area contributed by atoms with E-state index >= 15 is 0 Å². The predicted octanol–water partition coefficient (Wildman–Crippen LogP) is 4.57. The van der Waals surface area contributed by atoms with Gasteiger partial charge in [-0.3, -0.25) is 4.68 Å². The van der Waals surface area contributed by atoms with Gasteiger partial charge in [-0.25, -0.2) is 0 Å². The van der Waals surface area contributed by atoms with Crippen molar-refractivity contribution in [2.75, 3.05) is 5.32 Å². The molecule has 0 radical (unpaired) electrons. The summed E-state index contributed by atoms with van der Waals surface area (Å²) in [6.45, 7) is 5.07. The third-order valence-electron chi connectivity index (χ3n) is 2.89. The Morgan fingerprint density at radius 1 is 1.42 bits per heavy atom. The van der Waals surface area contributed by atoms with Gasteiger partial charge in [0.15, 0.2) is 0 Å². The second-order valence-electron chi connectivity index (χ2n) is 4.85. The fourth-order valence-electron chi connectivity index (χ4n) is 1.98. The van der Waals surface area contributed by atoms with Gasteiger partial charge in [0.25, 0.3) is 0 Å². The molecule has 0 aliphatic heterocycles. The first kappa shape index (κ1) is 14.4. The maximum Gasteiger partial charge on any atom is 0.0699 e. The molecule has 1 aromatic heterocycles. The zero-order valence-electron chi connectivity index (χ0n) is 11.2. The van der Waals surface area contributed by atoms with E-state index in [1.165, 1.54) is 5.56 Å². The lowest BCUT2D eigenvalue weighted by atomic mass is 10.1. The van der Waals surface area contributed by atoms with Gasteiger partial charge >= 0.3 is 0 Å². The Morgan fingerprint density at radius 2 is 2.16 bits per heavy atom. The molecule has 0 saturated carbocycles. The SMILES string of the molecule is CC(C)c1nn(C)cc1CNc1ccc(Cl)c(Br)c1. The summed E-state index contributed by atoms with van der Waals surface area (Å²) in [5, 5.41) is 8.61. The van der Waals surface area contributed by atoms with Crippen molar-refractivity contribution in [2.24, 2.45) is 7.05 Å². The molecule has 0 atom stereocenters. The third-order valence-corrected chi connectivity index (χ3v) is 4.10. The lowest BCUT2D eigenvalue weighted by Crippen LogP contribution is -2.02. The van der Waals surface area contributed by atoms with Gasteiger partial charge in [-0.2, -0.15) is 5.10 Å². The van der Waals surface area contributed by atoms with Crippen LogP contribution in [0, 0.1) is 0 Å². The van der Waals surface area contributed by atoms with Crippen LogP contribution < -0.4 is 5.32 Å². The second kappa shape index (κ2) is 5.97. The summed E-state index contributed by atoms with van der Waals surface area (Å²) in [4.78, 5) is 0. The standard InChI is InChI=1S/C14H17BrClN3/c1-9(2)14-10(8-19(3)18-14)7-17-11-4-5-13(16)12(15)6-11/h4-6,8-9,17H,7H2,1-3H3. The topological polar surface area (TPSA) is 29.9 Å². The molecular formula is C14H17BrClN3. The van der Waals surface area contributed by atoms with Crippen molar-refractivity contribution < 1.29 is 0 Å². The molecule has 1 heterocycles. The molecule has 2 rings (SSSR count). The maximum atomic E-state index is 5.98. The Balaban J connectivity index is 2.12. The number of hydrogen-bond donors (Lipinski definition) is 1. The van der Waals surface area contributed by atoms with Crippen molar-refractivity contribution >= 4 is 33.2 Å². The summed E-state index contributed by atoms with van der Waals surface area (Å²) in [6.07, 6.45) is 2.06. The van der Waals surface area contributed by atoms with Crippen LogP contribution >= 0.6 is 27.5 Å². The summed E-state index contributed by atoms with van der Waals surface area (Å²) < 4.78 is 2.76.